The summed E-state index contributed by atoms with van der Waals surface area (Å²) in [6.07, 6.45) is 1.44. The Balaban J connectivity index is 1.78. The smallest absolute Gasteiger partial charge is 0.270 e. The quantitative estimate of drug-likeness (QED) is 0.198. The number of benzene rings is 2. The molecule has 0 unspecified atom stereocenters. The normalized spacial score (nSPS) is 15.1. The first-order valence-corrected chi connectivity index (χ1v) is 10.6. The highest BCUT2D eigenvalue weighted by Crippen LogP contribution is 2.29. The molecule has 34 heavy (non-hydrogen) atoms. The van der Waals surface area contributed by atoms with E-state index in [0.29, 0.717) is 16.8 Å². The van der Waals surface area contributed by atoms with Gasteiger partial charge >= 0.3 is 0 Å². The van der Waals surface area contributed by atoms with E-state index in [-0.39, 0.29) is 22.1 Å². The van der Waals surface area contributed by atoms with Gasteiger partial charge in [-0.25, -0.2) is 9.29 Å². The monoisotopic (exact) mass is 478 g/mol. The average molecular weight is 479 g/mol. The Bertz CT molecular complexity index is 1430. The predicted octanol–water partition coefficient (Wildman–Crippen LogP) is 4.28. The number of non-ortho nitro benzene ring substituents is 1. The standard InChI is InChI=1S/C24H19FN4O4S/c1-13-10-17(29(32)33)8-9-20(13)27-14(2)11-16(15(27)3)12-18-22(30)26-24(34)28(23(18)31)21-7-5-4-6-19(21)25/h4-12H,1-3H3,(H,26,30,34)/b18-12+. The van der Waals surface area contributed by atoms with Gasteiger partial charge in [0.25, 0.3) is 17.5 Å². The largest absolute Gasteiger partial charge is 0.318 e. The zero-order valence-electron chi connectivity index (χ0n) is 18.5. The van der Waals surface area contributed by atoms with Gasteiger partial charge in [0.05, 0.1) is 10.6 Å². The van der Waals surface area contributed by atoms with Crippen molar-refractivity contribution < 1.29 is 18.9 Å². The maximum atomic E-state index is 14.4. The lowest BCUT2D eigenvalue weighted by atomic mass is 10.1. The number of nitro groups is 1. The van der Waals surface area contributed by atoms with Crippen molar-refractivity contribution in [2.45, 2.75) is 20.8 Å². The summed E-state index contributed by atoms with van der Waals surface area (Å²) in [7, 11) is 0. The maximum Gasteiger partial charge on any atom is 0.270 e. The third kappa shape index (κ3) is 3.88. The number of aryl methyl sites for hydroxylation is 2. The Hall–Kier alpha value is -4.18. The van der Waals surface area contributed by atoms with Crippen molar-refractivity contribution in [1.82, 2.24) is 9.88 Å². The number of nitro benzene ring substituents is 1. The number of thiocarbonyl (C=S) groups is 1. The molecule has 2 aromatic carbocycles. The molecule has 1 aliphatic rings. The molecule has 1 fully saturated rings. The van der Waals surface area contributed by atoms with Crippen LogP contribution >= 0.6 is 12.2 Å². The first kappa shape index (κ1) is 23.0. The Morgan fingerprint density at radius 2 is 1.76 bits per heavy atom. The van der Waals surface area contributed by atoms with Crippen LogP contribution in [0.25, 0.3) is 11.8 Å². The number of nitrogens with zero attached hydrogens (tertiary/aromatic N) is 3. The summed E-state index contributed by atoms with van der Waals surface area (Å²) in [5.41, 5.74) is 3.26. The van der Waals surface area contributed by atoms with E-state index in [2.05, 4.69) is 5.32 Å². The number of aromatic nitrogens is 1. The third-order valence-electron chi connectivity index (χ3n) is 5.60. The second kappa shape index (κ2) is 8.64. The lowest BCUT2D eigenvalue weighted by Crippen LogP contribution is -2.54. The van der Waals surface area contributed by atoms with Crippen LogP contribution < -0.4 is 10.2 Å². The van der Waals surface area contributed by atoms with Crippen LogP contribution in [-0.4, -0.2) is 26.4 Å². The van der Waals surface area contributed by atoms with E-state index in [1.807, 2.05) is 18.4 Å². The number of amides is 2. The van der Waals surface area contributed by atoms with Gasteiger partial charge < -0.3 is 4.57 Å². The molecule has 10 heteroatoms. The molecule has 0 bridgehead atoms. The summed E-state index contributed by atoms with van der Waals surface area (Å²) in [5.74, 6) is -2.07. The van der Waals surface area contributed by atoms with E-state index in [1.165, 1.54) is 36.4 Å². The zero-order chi connectivity index (χ0) is 24.7. The first-order valence-electron chi connectivity index (χ1n) is 10.2. The van der Waals surface area contributed by atoms with Crippen LogP contribution in [-0.2, 0) is 9.59 Å². The van der Waals surface area contributed by atoms with Gasteiger partial charge in [0, 0.05) is 29.2 Å². The van der Waals surface area contributed by atoms with Crippen LogP contribution in [0.4, 0.5) is 15.8 Å². The number of anilines is 1. The Kier molecular flexibility index (Phi) is 5.84. The fraction of sp³-hybridized carbons (Fsp3) is 0.125. The molecule has 2 heterocycles. The zero-order valence-corrected chi connectivity index (χ0v) is 19.3. The van der Waals surface area contributed by atoms with Crippen molar-refractivity contribution in [3.63, 3.8) is 0 Å². The van der Waals surface area contributed by atoms with Crippen molar-refractivity contribution in [1.29, 1.82) is 0 Å². The molecular formula is C24H19FN4O4S. The van der Waals surface area contributed by atoms with Crippen molar-refractivity contribution >= 4 is 46.6 Å². The highest BCUT2D eigenvalue weighted by Gasteiger charge is 2.36. The minimum absolute atomic E-state index is 0.0141. The fourth-order valence-corrected chi connectivity index (χ4v) is 4.25. The van der Waals surface area contributed by atoms with Gasteiger partial charge in [0.1, 0.15) is 11.4 Å². The molecule has 0 atom stereocenters. The second-order valence-electron chi connectivity index (χ2n) is 7.80. The van der Waals surface area contributed by atoms with Crippen molar-refractivity contribution in [2.75, 3.05) is 4.90 Å². The third-order valence-corrected chi connectivity index (χ3v) is 5.88. The van der Waals surface area contributed by atoms with Crippen LogP contribution in [0.15, 0.2) is 54.1 Å². The van der Waals surface area contributed by atoms with Gasteiger partial charge in [-0.05, 0) is 74.5 Å². The number of carbonyl (C=O) groups excluding carboxylic acids is 2. The van der Waals surface area contributed by atoms with Crippen LogP contribution in [0.3, 0.4) is 0 Å². The number of carbonyl (C=O) groups is 2. The highest BCUT2D eigenvalue weighted by molar-refractivity contribution is 7.80. The average Bonchev–Trinajstić information content (AvgIpc) is 3.05. The molecule has 1 aromatic heterocycles. The fourth-order valence-electron chi connectivity index (χ4n) is 3.97. The number of halogens is 1. The minimum Gasteiger partial charge on any atom is -0.318 e. The summed E-state index contributed by atoms with van der Waals surface area (Å²) in [6, 6.07) is 12.0. The highest BCUT2D eigenvalue weighted by atomic mass is 32.1. The molecule has 172 valence electrons. The van der Waals surface area contributed by atoms with Crippen LogP contribution in [0.5, 0.6) is 0 Å². The SMILES string of the molecule is Cc1cc([N+](=O)[O-])ccc1-n1c(C)cc(/C=C2\C(=O)NC(=S)N(c3ccccc3F)C2=O)c1C. The van der Waals surface area contributed by atoms with E-state index in [1.54, 1.807) is 25.1 Å². The van der Waals surface area contributed by atoms with Crippen LogP contribution in [0, 0.1) is 36.7 Å². The molecule has 1 saturated heterocycles. The van der Waals surface area contributed by atoms with Gasteiger partial charge in [-0.2, -0.15) is 0 Å². The number of rotatable bonds is 4. The summed E-state index contributed by atoms with van der Waals surface area (Å²) in [6.45, 7) is 5.43. The molecule has 3 aromatic rings. The first-order chi connectivity index (χ1) is 16.1. The Morgan fingerprint density at radius 3 is 2.41 bits per heavy atom. The van der Waals surface area contributed by atoms with Crippen molar-refractivity contribution in [3.8, 4) is 5.69 Å². The van der Waals surface area contributed by atoms with E-state index < -0.39 is 22.6 Å². The molecule has 8 nitrogen and oxygen atoms in total. The summed E-state index contributed by atoms with van der Waals surface area (Å²) >= 11 is 5.13. The predicted molar refractivity (Wildman–Crippen MR) is 129 cm³/mol. The minimum atomic E-state index is -0.741. The summed E-state index contributed by atoms with van der Waals surface area (Å²) in [5, 5.41) is 13.3. The van der Waals surface area contributed by atoms with Gasteiger partial charge in [-0.3, -0.25) is 25.0 Å². The van der Waals surface area contributed by atoms with Crippen molar-refractivity contribution in [3.05, 3.63) is 92.6 Å². The number of hydrogen-bond donors (Lipinski definition) is 1. The molecule has 1 aliphatic heterocycles. The van der Waals surface area contributed by atoms with E-state index in [9.17, 15) is 24.1 Å². The molecule has 2 amide bonds. The van der Waals surface area contributed by atoms with E-state index in [4.69, 9.17) is 12.2 Å². The molecular weight excluding hydrogens is 459 g/mol. The Labute approximate surface area is 199 Å². The van der Waals surface area contributed by atoms with Crippen molar-refractivity contribution in [2.24, 2.45) is 0 Å². The number of nitrogens with one attached hydrogen (secondary N) is 1. The molecule has 1 N–H and O–H groups in total. The van der Waals surface area contributed by atoms with Crippen LogP contribution in [0.2, 0.25) is 0 Å². The molecule has 4 rings (SSSR count). The lowest BCUT2D eigenvalue weighted by molar-refractivity contribution is -0.384. The molecule has 0 radical (unpaired) electrons. The van der Waals surface area contributed by atoms with Gasteiger partial charge in [-0.15, -0.1) is 0 Å². The topological polar surface area (TPSA) is 97.5 Å². The number of para-hydroxylation sites is 1. The van der Waals surface area contributed by atoms with E-state index in [0.717, 1.165) is 16.3 Å². The molecule has 0 aliphatic carbocycles. The van der Waals surface area contributed by atoms with Gasteiger partial charge in [-0.1, -0.05) is 12.1 Å². The lowest BCUT2D eigenvalue weighted by Gasteiger charge is -2.29. The summed E-state index contributed by atoms with van der Waals surface area (Å²) < 4.78 is 16.2. The Morgan fingerprint density at radius 1 is 1.06 bits per heavy atom. The van der Waals surface area contributed by atoms with Gasteiger partial charge in [0.2, 0.25) is 0 Å². The molecule has 0 saturated carbocycles. The second-order valence-corrected chi connectivity index (χ2v) is 8.19. The van der Waals surface area contributed by atoms with E-state index >= 15 is 0 Å². The number of hydrogen-bond acceptors (Lipinski definition) is 5. The maximum absolute atomic E-state index is 14.4. The summed E-state index contributed by atoms with van der Waals surface area (Å²) in [4.78, 5) is 37.4. The van der Waals surface area contributed by atoms with Gasteiger partial charge in [0.15, 0.2) is 5.11 Å². The molecule has 0 spiro atoms. The van der Waals surface area contributed by atoms with Crippen LogP contribution in [0.1, 0.15) is 22.5 Å².